The van der Waals surface area contributed by atoms with Crippen LogP contribution in [0.4, 0.5) is 0 Å². The molecule has 1 atom stereocenters. The number of aryl methyl sites for hydroxylation is 3. The van der Waals surface area contributed by atoms with Gasteiger partial charge in [0.1, 0.15) is 6.54 Å². The molecule has 0 fully saturated rings. The first kappa shape index (κ1) is 20.1. The van der Waals surface area contributed by atoms with Gasteiger partial charge in [0, 0.05) is 6.42 Å². The van der Waals surface area contributed by atoms with E-state index in [2.05, 4.69) is 14.9 Å². The molecule has 0 amide bonds. The van der Waals surface area contributed by atoms with Crippen LogP contribution in [0.3, 0.4) is 0 Å². The van der Waals surface area contributed by atoms with Gasteiger partial charge in [0.2, 0.25) is 10.0 Å². The molecule has 0 bridgehead atoms. The van der Waals surface area contributed by atoms with Gasteiger partial charge < -0.3 is 9.26 Å². The summed E-state index contributed by atoms with van der Waals surface area (Å²) in [6.45, 7) is 6.79. The van der Waals surface area contributed by atoms with E-state index in [1.54, 1.807) is 19.1 Å². The van der Waals surface area contributed by atoms with Crippen LogP contribution >= 0.6 is 0 Å². The smallest absolute Gasteiger partial charge is 0.321 e. The van der Waals surface area contributed by atoms with E-state index in [1.165, 1.54) is 6.07 Å². The highest BCUT2D eigenvalue weighted by atomic mass is 32.2. The minimum absolute atomic E-state index is 0.0996. The minimum Gasteiger partial charge on any atom is -0.452 e. The SMILES string of the molecule is CCCc1noc(C(C)OC(=O)CNS(=O)(=O)c2ccc(C)c(C)c2)n1. The maximum atomic E-state index is 12.3. The lowest BCUT2D eigenvalue weighted by Gasteiger charge is -2.11. The van der Waals surface area contributed by atoms with Gasteiger partial charge in [0.25, 0.3) is 5.89 Å². The van der Waals surface area contributed by atoms with Crippen molar-refractivity contribution in [3.63, 3.8) is 0 Å². The van der Waals surface area contributed by atoms with E-state index in [-0.39, 0.29) is 10.8 Å². The Labute approximate surface area is 153 Å². The Bertz CT molecular complexity index is 876. The van der Waals surface area contributed by atoms with Crippen molar-refractivity contribution in [1.29, 1.82) is 0 Å². The third-order valence-electron chi connectivity index (χ3n) is 3.81. The number of hydrogen-bond acceptors (Lipinski definition) is 7. The van der Waals surface area contributed by atoms with E-state index in [0.717, 1.165) is 17.5 Å². The molecule has 142 valence electrons. The Kier molecular flexibility index (Phi) is 6.49. The summed E-state index contributed by atoms with van der Waals surface area (Å²) in [7, 11) is -3.80. The molecule has 0 aliphatic carbocycles. The van der Waals surface area contributed by atoms with Gasteiger partial charge in [0.05, 0.1) is 4.90 Å². The van der Waals surface area contributed by atoms with Gasteiger partial charge in [-0.15, -0.1) is 0 Å². The maximum Gasteiger partial charge on any atom is 0.321 e. The summed E-state index contributed by atoms with van der Waals surface area (Å²) < 4.78 is 37.0. The molecule has 1 aromatic heterocycles. The zero-order chi connectivity index (χ0) is 19.3. The Balaban J connectivity index is 1.93. The summed E-state index contributed by atoms with van der Waals surface area (Å²) in [4.78, 5) is 16.2. The van der Waals surface area contributed by atoms with Gasteiger partial charge in [-0.25, -0.2) is 8.42 Å². The zero-order valence-corrected chi connectivity index (χ0v) is 16.1. The molecule has 1 heterocycles. The number of hydrogen-bond donors (Lipinski definition) is 1. The van der Waals surface area contributed by atoms with E-state index in [1.807, 2.05) is 20.8 Å². The zero-order valence-electron chi connectivity index (χ0n) is 15.3. The van der Waals surface area contributed by atoms with Crippen LogP contribution in [0, 0.1) is 13.8 Å². The first-order chi connectivity index (χ1) is 12.2. The van der Waals surface area contributed by atoms with Gasteiger partial charge in [-0.1, -0.05) is 18.1 Å². The van der Waals surface area contributed by atoms with Gasteiger partial charge in [-0.3, -0.25) is 4.79 Å². The van der Waals surface area contributed by atoms with Crippen molar-refractivity contribution in [3.05, 3.63) is 41.0 Å². The molecule has 8 nitrogen and oxygen atoms in total. The standard InChI is InChI=1S/C17H23N3O5S/c1-5-6-15-19-17(25-20-15)13(4)24-16(21)10-18-26(22,23)14-8-7-11(2)12(3)9-14/h7-9,13,18H,5-6,10H2,1-4H3. The number of esters is 1. The summed E-state index contributed by atoms with van der Waals surface area (Å²) in [5.41, 5.74) is 1.84. The Hall–Kier alpha value is -2.26. The quantitative estimate of drug-likeness (QED) is 0.698. The maximum absolute atomic E-state index is 12.3. The Morgan fingerprint density at radius 1 is 1.31 bits per heavy atom. The first-order valence-electron chi connectivity index (χ1n) is 8.31. The number of nitrogens with zero attached hydrogens (tertiary/aromatic N) is 2. The van der Waals surface area contributed by atoms with Gasteiger partial charge in [0.15, 0.2) is 11.9 Å². The van der Waals surface area contributed by atoms with Gasteiger partial charge >= 0.3 is 5.97 Å². The van der Waals surface area contributed by atoms with Crippen molar-refractivity contribution in [2.24, 2.45) is 0 Å². The lowest BCUT2D eigenvalue weighted by Crippen LogP contribution is -2.31. The number of benzene rings is 1. The second-order valence-corrected chi connectivity index (χ2v) is 7.77. The molecule has 1 aromatic carbocycles. The number of sulfonamides is 1. The Morgan fingerprint density at radius 2 is 2.04 bits per heavy atom. The number of aromatic nitrogens is 2. The van der Waals surface area contributed by atoms with Crippen LogP contribution < -0.4 is 4.72 Å². The molecule has 0 saturated carbocycles. The fourth-order valence-electron chi connectivity index (χ4n) is 2.17. The molecule has 1 unspecified atom stereocenters. The highest BCUT2D eigenvalue weighted by molar-refractivity contribution is 7.89. The van der Waals surface area contributed by atoms with Crippen molar-refractivity contribution < 1.29 is 22.5 Å². The Morgan fingerprint density at radius 3 is 2.69 bits per heavy atom. The second kappa shape index (κ2) is 8.41. The minimum atomic E-state index is -3.80. The number of nitrogens with one attached hydrogen (secondary N) is 1. The molecule has 0 radical (unpaired) electrons. The van der Waals surface area contributed by atoms with Crippen LogP contribution in [0.1, 0.15) is 49.2 Å². The van der Waals surface area contributed by atoms with Crippen LogP contribution in [0.2, 0.25) is 0 Å². The lowest BCUT2D eigenvalue weighted by molar-refractivity contribution is -0.148. The topological polar surface area (TPSA) is 111 Å². The molecular weight excluding hydrogens is 358 g/mol. The number of rotatable bonds is 8. The molecule has 0 saturated heterocycles. The number of carbonyl (C=O) groups excluding carboxylic acids is 1. The van der Waals surface area contributed by atoms with Gasteiger partial charge in [-0.05, 0) is 50.5 Å². The number of carbonyl (C=O) groups is 1. The molecular formula is C17H23N3O5S. The van der Waals surface area contributed by atoms with Crippen molar-refractivity contribution in [2.75, 3.05) is 6.54 Å². The van der Waals surface area contributed by atoms with E-state index >= 15 is 0 Å². The van der Waals surface area contributed by atoms with Crippen LogP contribution in [0.25, 0.3) is 0 Å². The third-order valence-corrected chi connectivity index (χ3v) is 5.21. The lowest BCUT2D eigenvalue weighted by atomic mass is 10.1. The van der Waals surface area contributed by atoms with Crippen LogP contribution in [0.15, 0.2) is 27.6 Å². The predicted octanol–water partition coefficient (Wildman–Crippen LogP) is 2.22. The van der Waals surface area contributed by atoms with Crippen molar-refractivity contribution in [2.45, 2.75) is 51.5 Å². The van der Waals surface area contributed by atoms with E-state index in [4.69, 9.17) is 9.26 Å². The van der Waals surface area contributed by atoms with Gasteiger partial charge in [-0.2, -0.15) is 9.71 Å². The van der Waals surface area contributed by atoms with Crippen molar-refractivity contribution in [3.8, 4) is 0 Å². The molecule has 2 aromatic rings. The average Bonchev–Trinajstić information content (AvgIpc) is 3.05. The summed E-state index contributed by atoms with van der Waals surface area (Å²) in [5.74, 6) is -0.0141. The predicted molar refractivity (Wildman–Crippen MR) is 93.9 cm³/mol. The van der Waals surface area contributed by atoms with Crippen LogP contribution in [-0.2, 0) is 26.0 Å². The van der Waals surface area contributed by atoms with Crippen molar-refractivity contribution in [1.82, 2.24) is 14.9 Å². The van der Waals surface area contributed by atoms with E-state index < -0.39 is 28.6 Å². The molecule has 0 spiro atoms. The average molecular weight is 381 g/mol. The molecule has 0 aliphatic heterocycles. The fourth-order valence-corrected chi connectivity index (χ4v) is 3.22. The molecule has 0 aliphatic rings. The number of ether oxygens (including phenoxy) is 1. The summed E-state index contributed by atoms with van der Waals surface area (Å²) in [6, 6.07) is 4.76. The molecule has 1 N–H and O–H groups in total. The summed E-state index contributed by atoms with van der Waals surface area (Å²) >= 11 is 0. The highest BCUT2D eigenvalue weighted by Gasteiger charge is 2.21. The summed E-state index contributed by atoms with van der Waals surface area (Å²) in [5, 5.41) is 3.79. The normalized spacial score (nSPS) is 12.8. The van der Waals surface area contributed by atoms with Crippen LogP contribution in [0.5, 0.6) is 0 Å². The molecule has 26 heavy (non-hydrogen) atoms. The second-order valence-electron chi connectivity index (χ2n) is 6.00. The van der Waals surface area contributed by atoms with Crippen LogP contribution in [-0.4, -0.2) is 31.1 Å². The third kappa shape index (κ3) is 5.12. The summed E-state index contributed by atoms with van der Waals surface area (Å²) in [6.07, 6.45) is 0.777. The first-order valence-corrected chi connectivity index (χ1v) is 9.80. The van der Waals surface area contributed by atoms with Crippen molar-refractivity contribution >= 4 is 16.0 Å². The molecule has 9 heteroatoms. The fraction of sp³-hybridized carbons (Fsp3) is 0.471. The van der Waals surface area contributed by atoms with E-state index in [9.17, 15) is 13.2 Å². The monoisotopic (exact) mass is 381 g/mol. The highest BCUT2D eigenvalue weighted by Crippen LogP contribution is 2.16. The molecule has 2 rings (SSSR count). The van der Waals surface area contributed by atoms with E-state index in [0.29, 0.717) is 12.2 Å². The largest absolute Gasteiger partial charge is 0.452 e.